The lowest BCUT2D eigenvalue weighted by Gasteiger charge is -2.17. The van der Waals surface area contributed by atoms with Gasteiger partial charge in [0, 0.05) is 11.1 Å². The Kier molecular flexibility index (Phi) is 2.92. The van der Waals surface area contributed by atoms with Gasteiger partial charge in [0.15, 0.2) is 5.78 Å². The number of phenols is 1. The van der Waals surface area contributed by atoms with Crippen LogP contribution in [0.1, 0.15) is 27.9 Å². The van der Waals surface area contributed by atoms with E-state index in [9.17, 15) is 9.90 Å². The molecule has 0 unspecified atom stereocenters. The van der Waals surface area contributed by atoms with Gasteiger partial charge in [-0.15, -0.1) is 0 Å². The van der Waals surface area contributed by atoms with Crippen LogP contribution in [-0.2, 0) is 6.42 Å². The fraction of sp³-hybridized carbons (Fsp3) is 0.118. The van der Waals surface area contributed by atoms with Crippen LogP contribution in [0.25, 0.3) is 6.08 Å². The summed E-state index contributed by atoms with van der Waals surface area (Å²) in [6, 6.07) is 14.9. The lowest BCUT2D eigenvalue weighted by atomic mass is 9.86. The van der Waals surface area contributed by atoms with Crippen LogP contribution < -0.4 is 0 Å². The maximum atomic E-state index is 12.4. The molecule has 3 rings (SSSR count). The number of hydrogen-bond acceptors (Lipinski definition) is 2. The molecule has 19 heavy (non-hydrogen) atoms. The van der Waals surface area contributed by atoms with E-state index >= 15 is 0 Å². The van der Waals surface area contributed by atoms with Crippen molar-refractivity contribution in [3.63, 3.8) is 0 Å². The van der Waals surface area contributed by atoms with E-state index in [2.05, 4.69) is 0 Å². The Labute approximate surface area is 112 Å². The number of aryl methyl sites for hydroxylation is 1. The molecule has 2 aromatic carbocycles. The molecule has 0 amide bonds. The van der Waals surface area contributed by atoms with E-state index in [0.717, 1.165) is 29.5 Å². The van der Waals surface area contributed by atoms with Crippen molar-refractivity contribution >= 4 is 11.9 Å². The van der Waals surface area contributed by atoms with Crippen LogP contribution in [0.2, 0.25) is 0 Å². The summed E-state index contributed by atoms with van der Waals surface area (Å²) in [6.07, 6.45) is 3.54. The van der Waals surface area contributed by atoms with E-state index < -0.39 is 0 Å². The molecule has 0 atom stereocenters. The molecule has 0 spiro atoms. The Morgan fingerprint density at radius 2 is 1.79 bits per heavy atom. The highest BCUT2D eigenvalue weighted by molar-refractivity contribution is 6.13. The van der Waals surface area contributed by atoms with Gasteiger partial charge in [-0.3, -0.25) is 4.79 Å². The Morgan fingerprint density at radius 3 is 2.58 bits per heavy atom. The summed E-state index contributed by atoms with van der Waals surface area (Å²) in [5.41, 5.74) is 3.50. The lowest BCUT2D eigenvalue weighted by molar-refractivity contribution is 0.102. The van der Waals surface area contributed by atoms with E-state index in [4.69, 9.17) is 0 Å². The number of carbonyl (C=O) groups excluding carboxylic acids is 1. The molecule has 1 aliphatic carbocycles. The second kappa shape index (κ2) is 4.73. The highest BCUT2D eigenvalue weighted by atomic mass is 16.3. The quantitative estimate of drug-likeness (QED) is 0.785. The molecular formula is C17H14O2. The van der Waals surface area contributed by atoms with Gasteiger partial charge in [-0.05, 0) is 42.2 Å². The van der Waals surface area contributed by atoms with Crippen LogP contribution >= 0.6 is 0 Å². The molecule has 0 aliphatic heterocycles. The van der Waals surface area contributed by atoms with Crippen LogP contribution in [0.5, 0.6) is 5.75 Å². The maximum absolute atomic E-state index is 12.4. The van der Waals surface area contributed by atoms with Crippen molar-refractivity contribution < 1.29 is 9.90 Å². The molecule has 0 saturated carbocycles. The van der Waals surface area contributed by atoms with Crippen LogP contribution in [0.4, 0.5) is 0 Å². The predicted octanol–water partition coefficient (Wildman–Crippen LogP) is 3.60. The maximum Gasteiger partial charge on any atom is 0.189 e. The molecule has 1 aliphatic rings. The molecule has 0 fully saturated rings. The van der Waals surface area contributed by atoms with Crippen molar-refractivity contribution in [1.29, 1.82) is 0 Å². The van der Waals surface area contributed by atoms with Gasteiger partial charge < -0.3 is 5.11 Å². The summed E-state index contributed by atoms with van der Waals surface area (Å²) < 4.78 is 0. The number of Topliss-reactive ketones (excluding diaryl/α,β-unsaturated/α-hetero) is 1. The van der Waals surface area contributed by atoms with Crippen LogP contribution in [0.3, 0.4) is 0 Å². The average Bonchev–Trinajstić information content (AvgIpc) is 2.44. The van der Waals surface area contributed by atoms with Gasteiger partial charge in [0.1, 0.15) is 5.75 Å². The third-order valence-corrected chi connectivity index (χ3v) is 3.43. The highest BCUT2D eigenvalue weighted by Gasteiger charge is 2.22. The number of carbonyl (C=O) groups is 1. The SMILES string of the molecule is O=C1/C(=C/c2ccccc2)CCc2ccc(O)cc21. The van der Waals surface area contributed by atoms with Gasteiger partial charge >= 0.3 is 0 Å². The van der Waals surface area contributed by atoms with E-state index in [1.54, 1.807) is 12.1 Å². The molecule has 94 valence electrons. The van der Waals surface area contributed by atoms with Crippen molar-refractivity contribution in [2.45, 2.75) is 12.8 Å². The van der Waals surface area contributed by atoms with E-state index in [0.29, 0.717) is 5.56 Å². The number of aromatic hydroxyl groups is 1. The van der Waals surface area contributed by atoms with Crippen molar-refractivity contribution in [1.82, 2.24) is 0 Å². The number of allylic oxidation sites excluding steroid dienone is 1. The first kappa shape index (κ1) is 11.7. The first-order valence-corrected chi connectivity index (χ1v) is 6.36. The number of hydrogen-bond donors (Lipinski definition) is 1. The van der Waals surface area contributed by atoms with Crippen molar-refractivity contribution in [2.24, 2.45) is 0 Å². The standard InChI is InChI=1S/C17H14O2/c18-15-9-8-13-6-7-14(17(19)16(13)11-15)10-12-4-2-1-3-5-12/h1-5,8-11,18H,6-7H2/b14-10+. The monoisotopic (exact) mass is 250 g/mol. The van der Waals surface area contributed by atoms with Crippen molar-refractivity contribution in [3.05, 3.63) is 70.8 Å². The van der Waals surface area contributed by atoms with E-state index in [1.165, 1.54) is 0 Å². The third-order valence-electron chi connectivity index (χ3n) is 3.43. The van der Waals surface area contributed by atoms with Gasteiger partial charge in [0.2, 0.25) is 0 Å². The fourth-order valence-corrected chi connectivity index (χ4v) is 2.44. The van der Waals surface area contributed by atoms with Gasteiger partial charge in [-0.1, -0.05) is 36.4 Å². The summed E-state index contributed by atoms with van der Waals surface area (Å²) in [5.74, 6) is 0.175. The zero-order valence-electron chi connectivity index (χ0n) is 10.5. The zero-order valence-corrected chi connectivity index (χ0v) is 10.5. The Morgan fingerprint density at radius 1 is 1.00 bits per heavy atom. The summed E-state index contributed by atoms with van der Waals surface area (Å²) in [5, 5.41) is 9.51. The second-order valence-corrected chi connectivity index (χ2v) is 4.75. The van der Waals surface area contributed by atoms with Gasteiger partial charge in [-0.25, -0.2) is 0 Å². The molecule has 0 radical (unpaired) electrons. The molecule has 0 heterocycles. The summed E-state index contributed by atoms with van der Waals surface area (Å²) in [4.78, 5) is 12.4. The Balaban J connectivity index is 2.00. The van der Waals surface area contributed by atoms with E-state index in [1.807, 2.05) is 42.5 Å². The van der Waals surface area contributed by atoms with Crippen molar-refractivity contribution in [2.75, 3.05) is 0 Å². The number of fused-ring (bicyclic) bond motifs is 1. The summed E-state index contributed by atoms with van der Waals surface area (Å²) in [6.45, 7) is 0. The minimum absolute atomic E-state index is 0.0287. The summed E-state index contributed by atoms with van der Waals surface area (Å²) in [7, 11) is 0. The Bertz CT molecular complexity index is 654. The van der Waals surface area contributed by atoms with Gasteiger partial charge in [0.05, 0.1) is 0 Å². The smallest absolute Gasteiger partial charge is 0.189 e. The number of benzene rings is 2. The molecule has 0 saturated heterocycles. The zero-order chi connectivity index (χ0) is 13.2. The normalized spacial score (nSPS) is 16.4. The van der Waals surface area contributed by atoms with Gasteiger partial charge in [0.25, 0.3) is 0 Å². The second-order valence-electron chi connectivity index (χ2n) is 4.75. The largest absolute Gasteiger partial charge is 0.508 e. The van der Waals surface area contributed by atoms with Crippen LogP contribution in [0, 0.1) is 0 Å². The molecule has 1 N–H and O–H groups in total. The van der Waals surface area contributed by atoms with Crippen molar-refractivity contribution in [3.8, 4) is 5.75 Å². The first-order valence-electron chi connectivity index (χ1n) is 6.36. The minimum Gasteiger partial charge on any atom is -0.508 e. The average molecular weight is 250 g/mol. The molecule has 0 bridgehead atoms. The molecule has 2 nitrogen and oxygen atoms in total. The van der Waals surface area contributed by atoms with Crippen LogP contribution in [0.15, 0.2) is 54.1 Å². The number of rotatable bonds is 1. The molecule has 0 aromatic heterocycles. The highest BCUT2D eigenvalue weighted by Crippen LogP contribution is 2.28. The van der Waals surface area contributed by atoms with Gasteiger partial charge in [-0.2, -0.15) is 0 Å². The first-order chi connectivity index (χ1) is 9.24. The van der Waals surface area contributed by atoms with Crippen LogP contribution in [-0.4, -0.2) is 10.9 Å². The predicted molar refractivity (Wildman–Crippen MR) is 75.2 cm³/mol. The number of phenolic OH excluding ortho intramolecular Hbond substituents is 1. The van der Waals surface area contributed by atoms with E-state index in [-0.39, 0.29) is 11.5 Å². The Hall–Kier alpha value is -2.35. The fourth-order valence-electron chi connectivity index (χ4n) is 2.44. The topological polar surface area (TPSA) is 37.3 Å². The molecular weight excluding hydrogens is 236 g/mol. The molecule has 2 aromatic rings. The minimum atomic E-state index is 0.0287. The summed E-state index contributed by atoms with van der Waals surface area (Å²) >= 11 is 0. The lowest BCUT2D eigenvalue weighted by Crippen LogP contribution is -2.13. The number of ketones is 1. The third kappa shape index (κ3) is 2.29. The molecule has 2 heteroatoms.